The van der Waals surface area contributed by atoms with E-state index >= 15 is 0 Å². The van der Waals surface area contributed by atoms with Crippen molar-refractivity contribution < 1.29 is 4.74 Å². The number of nitrogens with two attached hydrogens (primary N) is 1. The van der Waals surface area contributed by atoms with Gasteiger partial charge in [-0.25, -0.2) is 0 Å². The second kappa shape index (κ2) is 4.87. The second-order valence-electron chi connectivity index (χ2n) is 6.56. The highest BCUT2D eigenvalue weighted by atomic mass is 16.5. The van der Waals surface area contributed by atoms with Crippen LogP contribution in [0, 0.1) is 5.41 Å². The van der Waals surface area contributed by atoms with Gasteiger partial charge in [0.2, 0.25) is 0 Å². The first-order chi connectivity index (χ1) is 9.59. The van der Waals surface area contributed by atoms with E-state index in [0.717, 1.165) is 26.2 Å². The van der Waals surface area contributed by atoms with E-state index < -0.39 is 0 Å². The molecule has 20 heavy (non-hydrogen) atoms. The van der Waals surface area contributed by atoms with Crippen molar-refractivity contribution in [2.45, 2.75) is 25.7 Å². The molecule has 0 atom stereocenters. The summed E-state index contributed by atoms with van der Waals surface area (Å²) >= 11 is 0. The molecule has 3 rings (SSSR count). The van der Waals surface area contributed by atoms with Crippen LogP contribution in [0.2, 0.25) is 0 Å². The molecule has 0 aliphatic carbocycles. The van der Waals surface area contributed by atoms with Gasteiger partial charge < -0.3 is 10.5 Å². The van der Waals surface area contributed by atoms with Crippen LogP contribution in [-0.2, 0) is 10.2 Å². The fraction of sp³-hybridized carbons (Fsp3) is 0.444. The molecule has 106 valence electrons. The largest absolute Gasteiger partial charge is 0.379 e. The molecule has 2 heteroatoms. The van der Waals surface area contributed by atoms with E-state index in [1.54, 1.807) is 0 Å². The summed E-state index contributed by atoms with van der Waals surface area (Å²) < 4.78 is 5.60. The zero-order valence-electron chi connectivity index (χ0n) is 12.4. The number of hydrogen-bond donors (Lipinski definition) is 1. The Morgan fingerprint density at radius 2 is 1.80 bits per heavy atom. The quantitative estimate of drug-likeness (QED) is 0.922. The van der Waals surface area contributed by atoms with Crippen molar-refractivity contribution in [2.75, 3.05) is 19.8 Å². The lowest BCUT2D eigenvalue weighted by molar-refractivity contribution is -0.121. The van der Waals surface area contributed by atoms with Crippen LogP contribution in [-0.4, -0.2) is 19.8 Å². The normalized spacial score (nSPS) is 17.9. The Bertz CT molecular complexity index is 614. The van der Waals surface area contributed by atoms with Gasteiger partial charge in [-0.05, 0) is 34.7 Å². The van der Waals surface area contributed by atoms with E-state index in [4.69, 9.17) is 10.5 Å². The number of hydrogen-bond acceptors (Lipinski definition) is 2. The Balaban J connectivity index is 2.07. The van der Waals surface area contributed by atoms with E-state index in [9.17, 15) is 0 Å². The van der Waals surface area contributed by atoms with Crippen LogP contribution >= 0.6 is 0 Å². The molecule has 0 aromatic heterocycles. The number of ether oxygens (including phenoxy) is 1. The smallest absolute Gasteiger partial charge is 0.0590 e. The minimum Gasteiger partial charge on any atom is -0.379 e. The van der Waals surface area contributed by atoms with Crippen LogP contribution in [0.15, 0.2) is 42.5 Å². The third kappa shape index (κ3) is 1.95. The summed E-state index contributed by atoms with van der Waals surface area (Å²) in [6, 6.07) is 15.3. The maximum atomic E-state index is 5.82. The molecule has 2 aromatic rings. The highest BCUT2D eigenvalue weighted by Gasteiger charge is 2.51. The SMILES string of the molecule is CC(C)(CCN)C1(c2ccc3ccccc3c2)COC1. The third-order valence-electron chi connectivity index (χ3n) is 5.06. The average molecular weight is 269 g/mol. The minimum absolute atomic E-state index is 0.108. The van der Waals surface area contributed by atoms with Crippen LogP contribution in [0.3, 0.4) is 0 Å². The Hall–Kier alpha value is -1.38. The number of rotatable bonds is 4. The lowest BCUT2D eigenvalue weighted by Gasteiger charge is -2.53. The van der Waals surface area contributed by atoms with Crippen LogP contribution in [0.5, 0.6) is 0 Å². The monoisotopic (exact) mass is 269 g/mol. The zero-order valence-corrected chi connectivity index (χ0v) is 12.4. The van der Waals surface area contributed by atoms with Gasteiger partial charge in [0.05, 0.1) is 13.2 Å². The predicted octanol–water partition coefficient (Wildman–Crippen LogP) is 3.48. The standard InChI is InChI=1S/C18H23NO/c1-17(2,9-10-19)18(12-20-13-18)16-8-7-14-5-3-4-6-15(14)11-16/h3-8,11H,9-10,12-13,19H2,1-2H3. The highest BCUT2D eigenvalue weighted by Crippen LogP contribution is 2.49. The Kier molecular flexibility index (Phi) is 3.31. The summed E-state index contributed by atoms with van der Waals surface area (Å²) in [4.78, 5) is 0. The van der Waals surface area contributed by atoms with E-state index in [1.807, 2.05) is 0 Å². The molecule has 0 saturated carbocycles. The van der Waals surface area contributed by atoms with Crippen LogP contribution < -0.4 is 5.73 Å². The molecule has 1 aliphatic rings. The van der Waals surface area contributed by atoms with Crippen molar-refractivity contribution in [1.82, 2.24) is 0 Å². The van der Waals surface area contributed by atoms with Crippen molar-refractivity contribution in [1.29, 1.82) is 0 Å². The van der Waals surface area contributed by atoms with Gasteiger partial charge in [-0.15, -0.1) is 0 Å². The molecule has 1 saturated heterocycles. The minimum atomic E-state index is 0.108. The molecular weight excluding hydrogens is 246 g/mol. The zero-order chi connectivity index (χ0) is 14.2. The Morgan fingerprint density at radius 1 is 1.10 bits per heavy atom. The molecule has 1 fully saturated rings. The Labute approximate surface area is 120 Å². The van der Waals surface area contributed by atoms with E-state index in [0.29, 0.717) is 0 Å². The molecule has 0 radical (unpaired) electrons. The molecule has 0 amide bonds. The molecule has 0 bridgehead atoms. The van der Waals surface area contributed by atoms with Crippen molar-refractivity contribution in [3.63, 3.8) is 0 Å². The lowest BCUT2D eigenvalue weighted by Crippen LogP contribution is -2.57. The molecule has 1 heterocycles. The molecule has 2 N–H and O–H groups in total. The first kappa shape index (κ1) is 13.6. The summed E-state index contributed by atoms with van der Waals surface area (Å²) in [6.07, 6.45) is 1.02. The van der Waals surface area contributed by atoms with Crippen molar-refractivity contribution in [3.05, 3.63) is 48.0 Å². The summed E-state index contributed by atoms with van der Waals surface area (Å²) in [5.74, 6) is 0. The van der Waals surface area contributed by atoms with Crippen LogP contribution in [0.1, 0.15) is 25.8 Å². The van der Waals surface area contributed by atoms with Crippen LogP contribution in [0.4, 0.5) is 0 Å². The van der Waals surface area contributed by atoms with Gasteiger partial charge in [0, 0.05) is 5.41 Å². The second-order valence-corrected chi connectivity index (χ2v) is 6.56. The highest BCUT2D eigenvalue weighted by molar-refractivity contribution is 5.83. The fourth-order valence-electron chi connectivity index (χ4n) is 3.34. The molecular formula is C18H23NO. The molecule has 0 spiro atoms. The third-order valence-corrected chi connectivity index (χ3v) is 5.06. The van der Waals surface area contributed by atoms with E-state index in [2.05, 4.69) is 56.3 Å². The number of fused-ring (bicyclic) bond motifs is 1. The number of benzene rings is 2. The van der Waals surface area contributed by atoms with E-state index in [1.165, 1.54) is 16.3 Å². The van der Waals surface area contributed by atoms with Gasteiger partial charge in [0.25, 0.3) is 0 Å². The van der Waals surface area contributed by atoms with Crippen LogP contribution in [0.25, 0.3) is 10.8 Å². The molecule has 2 nitrogen and oxygen atoms in total. The summed E-state index contributed by atoms with van der Waals surface area (Å²) in [5.41, 5.74) is 7.47. The fourth-order valence-corrected chi connectivity index (χ4v) is 3.34. The van der Waals surface area contributed by atoms with Gasteiger partial charge in [-0.1, -0.05) is 56.3 Å². The van der Waals surface area contributed by atoms with Gasteiger partial charge in [0.1, 0.15) is 0 Å². The van der Waals surface area contributed by atoms with Crippen molar-refractivity contribution >= 4 is 10.8 Å². The van der Waals surface area contributed by atoms with Gasteiger partial charge in [0.15, 0.2) is 0 Å². The first-order valence-electron chi connectivity index (χ1n) is 7.36. The Morgan fingerprint density at radius 3 is 2.40 bits per heavy atom. The van der Waals surface area contributed by atoms with Crippen molar-refractivity contribution in [2.24, 2.45) is 11.1 Å². The van der Waals surface area contributed by atoms with E-state index in [-0.39, 0.29) is 10.8 Å². The summed E-state index contributed by atoms with van der Waals surface area (Å²) in [7, 11) is 0. The van der Waals surface area contributed by atoms with Crippen molar-refractivity contribution in [3.8, 4) is 0 Å². The topological polar surface area (TPSA) is 35.2 Å². The van der Waals surface area contributed by atoms with Gasteiger partial charge in [-0.3, -0.25) is 0 Å². The van der Waals surface area contributed by atoms with Gasteiger partial charge >= 0.3 is 0 Å². The summed E-state index contributed by atoms with van der Waals surface area (Å²) in [6.45, 7) is 6.97. The average Bonchev–Trinajstić information content (AvgIpc) is 2.36. The predicted molar refractivity (Wildman–Crippen MR) is 83.9 cm³/mol. The molecule has 1 aliphatic heterocycles. The maximum Gasteiger partial charge on any atom is 0.0590 e. The maximum absolute atomic E-state index is 5.82. The van der Waals surface area contributed by atoms with Gasteiger partial charge in [-0.2, -0.15) is 0 Å². The molecule has 0 unspecified atom stereocenters. The summed E-state index contributed by atoms with van der Waals surface area (Å²) in [5, 5.41) is 2.60. The first-order valence-corrected chi connectivity index (χ1v) is 7.36. The molecule has 2 aromatic carbocycles. The lowest BCUT2D eigenvalue weighted by atomic mass is 9.59.